The van der Waals surface area contributed by atoms with Gasteiger partial charge < -0.3 is 10.6 Å². The van der Waals surface area contributed by atoms with Gasteiger partial charge in [-0.15, -0.1) is 0 Å². The average Bonchev–Trinajstić information content (AvgIpc) is 2.73. The average molecular weight is 411 g/mol. The topological polar surface area (TPSA) is 97.2 Å². The second-order valence-corrected chi connectivity index (χ2v) is 6.82. The monoisotopic (exact) mass is 410 g/mol. The molecule has 148 valence electrons. The Morgan fingerprint density at radius 1 is 1.17 bits per heavy atom. The van der Waals surface area contributed by atoms with Gasteiger partial charge in [0.15, 0.2) is 0 Å². The molecular weight excluding hydrogens is 392 g/mol. The molecule has 0 radical (unpaired) electrons. The van der Waals surface area contributed by atoms with Gasteiger partial charge in [-0.3, -0.25) is 19.9 Å². The Morgan fingerprint density at radius 2 is 1.90 bits per heavy atom. The van der Waals surface area contributed by atoms with E-state index in [1.165, 1.54) is 12.1 Å². The Balaban J connectivity index is 1.76. The van der Waals surface area contributed by atoms with E-state index in [1.54, 1.807) is 36.7 Å². The smallest absolute Gasteiger partial charge is 0.293 e. The first-order valence-corrected chi connectivity index (χ1v) is 9.30. The van der Waals surface area contributed by atoms with Crippen LogP contribution in [0.4, 0.5) is 11.4 Å². The van der Waals surface area contributed by atoms with E-state index in [0.29, 0.717) is 17.3 Å². The number of aromatic nitrogens is 1. The normalized spacial score (nSPS) is 11.5. The summed E-state index contributed by atoms with van der Waals surface area (Å²) in [6.07, 6.45) is 3.28. The van der Waals surface area contributed by atoms with Crippen molar-refractivity contribution in [3.63, 3.8) is 0 Å². The molecule has 0 saturated carbocycles. The van der Waals surface area contributed by atoms with Crippen molar-refractivity contribution in [1.82, 2.24) is 10.3 Å². The van der Waals surface area contributed by atoms with Crippen LogP contribution in [0.1, 0.15) is 34.5 Å². The Hall–Kier alpha value is -3.45. The number of nitrogens with zero attached hydrogens (tertiary/aromatic N) is 2. The first-order chi connectivity index (χ1) is 14.0. The van der Waals surface area contributed by atoms with E-state index in [4.69, 9.17) is 11.6 Å². The van der Waals surface area contributed by atoms with Crippen LogP contribution in [0.5, 0.6) is 0 Å². The van der Waals surface area contributed by atoms with Crippen LogP contribution in [0.3, 0.4) is 0 Å². The highest BCUT2D eigenvalue weighted by atomic mass is 35.5. The van der Waals surface area contributed by atoms with Crippen LogP contribution in [-0.2, 0) is 6.54 Å². The van der Waals surface area contributed by atoms with E-state index in [1.807, 2.05) is 25.1 Å². The molecule has 1 atom stereocenters. The molecule has 2 aromatic carbocycles. The molecule has 8 heteroatoms. The standard InChI is InChI=1S/C21H19ClN4O3/c1-14(15-8-10-23-11-9-15)25-21(27)16-6-7-19(20(12-16)26(28)29)24-13-17-4-2-3-5-18(17)22/h2-12,14,24H,13H2,1H3,(H,25,27). The molecule has 0 aliphatic rings. The lowest BCUT2D eigenvalue weighted by atomic mass is 10.1. The zero-order valence-electron chi connectivity index (χ0n) is 15.6. The lowest BCUT2D eigenvalue weighted by Gasteiger charge is -2.14. The summed E-state index contributed by atoms with van der Waals surface area (Å²) in [4.78, 5) is 27.5. The van der Waals surface area contributed by atoms with Crippen molar-refractivity contribution in [1.29, 1.82) is 0 Å². The number of carbonyl (C=O) groups excluding carboxylic acids is 1. The highest BCUT2D eigenvalue weighted by Crippen LogP contribution is 2.27. The van der Waals surface area contributed by atoms with Gasteiger partial charge in [-0.1, -0.05) is 29.8 Å². The molecule has 29 heavy (non-hydrogen) atoms. The number of amides is 1. The lowest BCUT2D eigenvalue weighted by molar-refractivity contribution is -0.384. The second kappa shape index (κ2) is 9.16. The number of benzene rings is 2. The van der Waals surface area contributed by atoms with Crippen LogP contribution < -0.4 is 10.6 Å². The number of halogens is 1. The van der Waals surface area contributed by atoms with Crippen LogP contribution in [0.15, 0.2) is 67.0 Å². The minimum atomic E-state index is -0.516. The number of nitro benzene ring substituents is 1. The van der Waals surface area contributed by atoms with E-state index >= 15 is 0 Å². The zero-order valence-corrected chi connectivity index (χ0v) is 16.4. The first kappa shape index (κ1) is 20.3. The predicted molar refractivity (Wildman–Crippen MR) is 112 cm³/mol. The predicted octanol–water partition coefficient (Wildman–Crippen LogP) is 4.75. The molecule has 0 aliphatic carbocycles. The fraction of sp³-hybridized carbons (Fsp3) is 0.143. The number of hydrogen-bond acceptors (Lipinski definition) is 5. The largest absolute Gasteiger partial charge is 0.375 e. The molecule has 0 saturated heterocycles. The molecule has 1 unspecified atom stereocenters. The Bertz CT molecular complexity index is 1030. The highest BCUT2D eigenvalue weighted by molar-refractivity contribution is 6.31. The molecule has 1 amide bonds. The molecule has 0 fully saturated rings. The molecule has 3 rings (SSSR count). The summed E-state index contributed by atoms with van der Waals surface area (Å²) in [6, 6.07) is 14.9. The van der Waals surface area contributed by atoms with Crippen molar-refractivity contribution in [3.8, 4) is 0 Å². The van der Waals surface area contributed by atoms with E-state index in [0.717, 1.165) is 11.1 Å². The second-order valence-electron chi connectivity index (χ2n) is 6.41. The van der Waals surface area contributed by atoms with Crippen molar-refractivity contribution in [2.45, 2.75) is 19.5 Å². The van der Waals surface area contributed by atoms with Gasteiger partial charge in [0.05, 0.1) is 11.0 Å². The summed E-state index contributed by atoms with van der Waals surface area (Å²) in [5, 5.41) is 17.9. The number of rotatable bonds is 7. The third-order valence-corrected chi connectivity index (χ3v) is 4.81. The first-order valence-electron chi connectivity index (χ1n) is 8.92. The molecule has 0 spiro atoms. The van der Waals surface area contributed by atoms with Crippen LogP contribution in [0, 0.1) is 10.1 Å². The van der Waals surface area contributed by atoms with Gasteiger partial charge in [-0.05, 0) is 48.4 Å². The Morgan fingerprint density at radius 3 is 2.59 bits per heavy atom. The molecule has 0 aliphatic heterocycles. The van der Waals surface area contributed by atoms with Crippen molar-refractivity contribution in [3.05, 3.63) is 98.8 Å². The van der Waals surface area contributed by atoms with Gasteiger partial charge in [-0.2, -0.15) is 0 Å². The number of pyridine rings is 1. The van der Waals surface area contributed by atoms with Crippen molar-refractivity contribution in [2.24, 2.45) is 0 Å². The van der Waals surface area contributed by atoms with E-state index < -0.39 is 10.8 Å². The minimum Gasteiger partial charge on any atom is -0.375 e. The van der Waals surface area contributed by atoms with Crippen LogP contribution >= 0.6 is 11.6 Å². The number of nitrogens with one attached hydrogen (secondary N) is 2. The molecule has 0 bridgehead atoms. The minimum absolute atomic E-state index is 0.179. The van der Waals surface area contributed by atoms with E-state index in [9.17, 15) is 14.9 Å². The van der Waals surface area contributed by atoms with Gasteiger partial charge >= 0.3 is 0 Å². The van der Waals surface area contributed by atoms with Crippen molar-refractivity contribution in [2.75, 3.05) is 5.32 Å². The number of hydrogen-bond donors (Lipinski definition) is 2. The summed E-state index contributed by atoms with van der Waals surface area (Å²) in [5.41, 5.74) is 2.05. The van der Waals surface area contributed by atoms with E-state index in [2.05, 4.69) is 15.6 Å². The number of nitro groups is 1. The SMILES string of the molecule is CC(NC(=O)c1ccc(NCc2ccccc2Cl)c([N+](=O)[O-])c1)c1ccncc1. The summed E-state index contributed by atoms with van der Waals surface area (Å²) in [5.74, 6) is -0.393. The fourth-order valence-electron chi connectivity index (χ4n) is 2.82. The maximum atomic E-state index is 12.6. The van der Waals surface area contributed by atoms with Gasteiger partial charge in [0.1, 0.15) is 5.69 Å². The molecule has 3 aromatic rings. The third-order valence-electron chi connectivity index (χ3n) is 4.44. The molecule has 1 aromatic heterocycles. The summed E-state index contributed by atoms with van der Waals surface area (Å²) in [6.45, 7) is 2.16. The number of carbonyl (C=O) groups is 1. The van der Waals surface area contributed by atoms with Crippen molar-refractivity contribution >= 4 is 28.9 Å². The molecular formula is C21H19ClN4O3. The summed E-state index contributed by atoms with van der Waals surface area (Å²) in [7, 11) is 0. The van der Waals surface area contributed by atoms with Gasteiger partial charge in [0.25, 0.3) is 11.6 Å². The molecule has 2 N–H and O–H groups in total. The van der Waals surface area contributed by atoms with Crippen LogP contribution in [-0.4, -0.2) is 15.8 Å². The summed E-state index contributed by atoms with van der Waals surface area (Å²) < 4.78 is 0. The summed E-state index contributed by atoms with van der Waals surface area (Å²) >= 11 is 6.13. The number of anilines is 1. The van der Waals surface area contributed by atoms with Gasteiger partial charge in [0, 0.05) is 35.6 Å². The van der Waals surface area contributed by atoms with Crippen LogP contribution in [0.25, 0.3) is 0 Å². The molecule has 1 heterocycles. The van der Waals surface area contributed by atoms with Crippen LogP contribution in [0.2, 0.25) is 5.02 Å². The lowest BCUT2D eigenvalue weighted by Crippen LogP contribution is -2.26. The highest BCUT2D eigenvalue weighted by Gasteiger charge is 2.19. The third kappa shape index (κ3) is 5.08. The maximum absolute atomic E-state index is 12.6. The zero-order chi connectivity index (χ0) is 20.8. The van der Waals surface area contributed by atoms with E-state index in [-0.39, 0.29) is 17.3 Å². The van der Waals surface area contributed by atoms with Gasteiger partial charge in [-0.25, -0.2) is 0 Å². The fourth-order valence-corrected chi connectivity index (χ4v) is 3.02. The maximum Gasteiger partial charge on any atom is 0.293 e. The molecule has 7 nitrogen and oxygen atoms in total. The van der Waals surface area contributed by atoms with Gasteiger partial charge in [0.2, 0.25) is 0 Å². The van der Waals surface area contributed by atoms with Crippen molar-refractivity contribution < 1.29 is 9.72 Å². The quantitative estimate of drug-likeness (QED) is 0.433. The Kier molecular flexibility index (Phi) is 6.41. The Labute approximate surface area is 172 Å².